The molecule has 0 bridgehead atoms. The molecular formula is C16H28N4. The lowest BCUT2D eigenvalue weighted by Crippen LogP contribution is -2.41. The van der Waals surface area contributed by atoms with E-state index in [2.05, 4.69) is 48.2 Å². The van der Waals surface area contributed by atoms with Crippen LogP contribution in [0.5, 0.6) is 0 Å². The summed E-state index contributed by atoms with van der Waals surface area (Å²) in [6.45, 7) is 7.03. The summed E-state index contributed by atoms with van der Waals surface area (Å²) in [6.07, 6.45) is 0. The van der Waals surface area contributed by atoms with Gasteiger partial charge < -0.3 is 15.1 Å². The minimum atomic E-state index is 0.570. The van der Waals surface area contributed by atoms with Crippen LogP contribution in [0, 0.1) is 0 Å². The van der Waals surface area contributed by atoms with Crippen LogP contribution >= 0.6 is 0 Å². The van der Waals surface area contributed by atoms with Gasteiger partial charge in [0, 0.05) is 33.2 Å². The summed E-state index contributed by atoms with van der Waals surface area (Å²) in [5.74, 6) is 0.936. The van der Waals surface area contributed by atoms with Crippen molar-refractivity contribution in [1.29, 1.82) is 0 Å². The number of nitrogens with zero attached hydrogens (tertiary/aromatic N) is 3. The van der Waals surface area contributed by atoms with Crippen molar-refractivity contribution in [2.45, 2.75) is 26.4 Å². The average Bonchev–Trinajstić information content (AvgIpc) is 2.42. The molecule has 0 atom stereocenters. The largest absolute Gasteiger partial charge is 0.355 e. The van der Waals surface area contributed by atoms with E-state index in [0.29, 0.717) is 12.6 Å². The van der Waals surface area contributed by atoms with Gasteiger partial charge in [-0.25, -0.2) is 4.99 Å². The second-order valence-electron chi connectivity index (χ2n) is 5.52. The molecule has 4 nitrogen and oxygen atoms in total. The van der Waals surface area contributed by atoms with E-state index in [1.165, 1.54) is 5.56 Å². The van der Waals surface area contributed by atoms with Gasteiger partial charge in [-0.05, 0) is 26.5 Å². The first-order chi connectivity index (χ1) is 9.50. The molecule has 0 saturated heterocycles. The molecule has 4 heteroatoms. The highest BCUT2D eigenvalue weighted by Crippen LogP contribution is 2.00. The van der Waals surface area contributed by atoms with Crippen LogP contribution < -0.4 is 5.32 Å². The fraction of sp³-hybridized carbons (Fsp3) is 0.562. The van der Waals surface area contributed by atoms with Gasteiger partial charge in [-0.2, -0.15) is 0 Å². The van der Waals surface area contributed by atoms with E-state index in [-0.39, 0.29) is 0 Å². The summed E-state index contributed by atoms with van der Waals surface area (Å²) in [6, 6.07) is 10.9. The van der Waals surface area contributed by atoms with E-state index in [4.69, 9.17) is 0 Å². The predicted octanol–water partition coefficient (Wildman–Crippen LogP) is 2.03. The van der Waals surface area contributed by atoms with E-state index in [1.807, 2.05) is 37.2 Å². The van der Waals surface area contributed by atoms with Gasteiger partial charge in [-0.1, -0.05) is 30.3 Å². The van der Waals surface area contributed by atoms with E-state index < -0.39 is 0 Å². The Kier molecular flexibility index (Phi) is 7.09. The quantitative estimate of drug-likeness (QED) is 0.637. The van der Waals surface area contributed by atoms with Crippen molar-refractivity contribution in [3.05, 3.63) is 35.9 Å². The van der Waals surface area contributed by atoms with Gasteiger partial charge in [0.15, 0.2) is 5.96 Å². The molecule has 1 aromatic carbocycles. The highest BCUT2D eigenvalue weighted by atomic mass is 15.3. The fourth-order valence-electron chi connectivity index (χ4n) is 1.71. The molecule has 0 aromatic heterocycles. The Labute approximate surface area is 123 Å². The Balaban J connectivity index is 2.48. The topological polar surface area (TPSA) is 30.9 Å². The molecule has 0 spiro atoms. The molecule has 0 fully saturated rings. The number of guanidine groups is 1. The minimum absolute atomic E-state index is 0.570. The van der Waals surface area contributed by atoms with Gasteiger partial charge in [0.25, 0.3) is 0 Å². The summed E-state index contributed by atoms with van der Waals surface area (Å²) in [5, 5.41) is 3.41. The van der Waals surface area contributed by atoms with Crippen LogP contribution in [-0.2, 0) is 6.54 Å². The third-order valence-corrected chi connectivity index (χ3v) is 3.31. The van der Waals surface area contributed by atoms with Crippen LogP contribution in [0.15, 0.2) is 35.3 Å². The fourth-order valence-corrected chi connectivity index (χ4v) is 1.71. The number of hydrogen-bond donors (Lipinski definition) is 1. The van der Waals surface area contributed by atoms with Crippen molar-refractivity contribution in [3.8, 4) is 0 Å². The Morgan fingerprint density at radius 1 is 1.15 bits per heavy atom. The van der Waals surface area contributed by atoms with Crippen molar-refractivity contribution in [1.82, 2.24) is 15.1 Å². The SMILES string of the molecule is CC(C)N(C)CCNC(=NCc1ccccc1)N(C)C. The minimum Gasteiger partial charge on any atom is -0.355 e. The monoisotopic (exact) mass is 276 g/mol. The predicted molar refractivity (Wildman–Crippen MR) is 87.0 cm³/mol. The molecule has 0 aliphatic heterocycles. The molecule has 20 heavy (non-hydrogen) atoms. The molecular weight excluding hydrogens is 248 g/mol. The maximum absolute atomic E-state index is 4.65. The number of hydrogen-bond acceptors (Lipinski definition) is 2. The third-order valence-electron chi connectivity index (χ3n) is 3.31. The van der Waals surface area contributed by atoms with E-state index in [1.54, 1.807) is 0 Å². The number of rotatable bonds is 6. The summed E-state index contributed by atoms with van der Waals surface area (Å²) in [5.41, 5.74) is 1.23. The molecule has 1 N–H and O–H groups in total. The molecule has 0 aliphatic rings. The number of nitrogens with one attached hydrogen (secondary N) is 1. The first-order valence-corrected chi connectivity index (χ1v) is 7.20. The van der Waals surface area contributed by atoms with E-state index in [9.17, 15) is 0 Å². The lowest BCUT2D eigenvalue weighted by molar-refractivity contribution is 0.277. The maximum Gasteiger partial charge on any atom is 0.193 e. The van der Waals surface area contributed by atoms with Gasteiger partial charge >= 0.3 is 0 Å². The van der Waals surface area contributed by atoms with Crippen molar-refractivity contribution >= 4 is 5.96 Å². The zero-order valence-electron chi connectivity index (χ0n) is 13.4. The standard InChI is InChI=1S/C16H28N4/c1-14(2)20(5)12-11-17-16(19(3)4)18-13-15-9-7-6-8-10-15/h6-10,14H,11-13H2,1-5H3,(H,17,18). The Morgan fingerprint density at radius 3 is 2.35 bits per heavy atom. The highest BCUT2D eigenvalue weighted by molar-refractivity contribution is 5.79. The zero-order chi connectivity index (χ0) is 15.0. The Hall–Kier alpha value is -1.55. The Bertz CT molecular complexity index is 398. The van der Waals surface area contributed by atoms with Gasteiger partial charge in [-0.15, -0.1) is 0 Å². The van der Waals surface area contributed by atoms with Crippen LogP contribution in [0.2, 0.25) is 0 Å². The molecule has 1 rings (SSSR count). The molecule has 0 saturated carbocycles. The normalized spacial score (nSPS) is 12.1. The van der Waals surface area contributed by atoms with Crippen molar-refractivity contribution in [3.63, 3.8) is 0 Å². The molecule has 0 heterocycles. The lowest BCUT2D eigenvalue weighted by Gasteiger charge is -2.23. The lowest BCUT2D eigenvalue weighted by atomic mass is 10.2. The van der Waals surface area contributed by atoms with Crippen molar-refractivity contribution < 1.29 is 0 Å². The highest BCUT2D eigenvalue weighted by Gasteiger charge is 2.04. The molecule has 1 aromatic rings. The van der Waals surface area contributed by atoms with Gasteiger partial charge in [0.1, 0.15) is 0 Å². The molecule has 112 valence electrons. The van der Waals surface area contributed by atoms with Gasteiger partial charge in [0.2, 0.25) is 0 Å². The summed E-state index contributed by atoms with van der Waals surface area (Å²) < 4.78 is 0. The van der Waals surface area contributed by atoms with Crippen molar-refractivity contribution in [2.75, 3.05) is 34.2 Å². The number of likely N-dealkylation sites (N-methyl/N-ethyl adjacent to an activating group) is 1. The number of benzene rings is 1. The van der Waals surface area contributed by atoms with E-state index in [0.717, 1.165) is 19.0 Å². The van der Waals surface area contributed by atoms with Crippen LogP contribution in [-0.4, -0.2) is 56.0 Å². The van der Waals surface area contributed by atoms with Crippen LogP contribution in [0.3, 0.4) is 0 Å². The van der Waals surface area contributed by atoms with Crippen LogP contribution in [0.25, 0.3) is 0 Å². The molecule has 0 amide bonds. The third kappa shape index (κ3) is 6.06. The Morgan fingerprint density at radius 2 is 1.80 bits per heavy atom. The summed E-state index contributed by atoms with van der Waals surface area (Å²) in [4.78, 5) is 8.99. The first-order valence-electron chi connectivity index (χ1n) is 7.20. The maximum atomic E-state index is 4.65. The molecule has 0 radical (unpaired) electrons. The smallest absolute Gasteiger partial charge is 0.193 e. The molecule has 0 unspecified atom stereocenters. The van der Waals surface area contributed by atoms with Crippen molar-refractivity contribution in [2.24, 2.45) is 4.99 Å². The van der Waals surface area contributed by atoms with Crippen LogP contribution in [0.1, 0.15) is 19.4 Å². The van der Waals surface area contributed by atoms with Gasteiger partial charge in [0.05, 0.1) is 6.54 Å². The second kappa shape index (κ2) is 8.59. The van der Waals surface area contributed by atoms with Crippen LogP contribution in [0.4, 0.5) is 0 Å². The molecule has 0 aliphatic carbocycles. The summed E-state index contributed by atoms with van der Waals surface area (Å²) in [7, 11) is 6.18. The first kappa shape index (κ1) is 16.5. The average molecular weight is 276 g/mol. The summed E-state index contributed by atoms with van der Waals surface area (Å²) >= 11 is 0. The zero-order valence-corrected chi connectivity index (χ0v) is 13.4. The van der Waals surface area contributed by atoms with Gasteiger partial charge in [-0.3, -0.25) is 0 Å². The van der Waals surface area contributed by atoms with E-state index >= 15 is 0 Å². The number of aliphatic imine (C=N–C) groups is 1. The second-order valence-corrected chi connectivity index (χ2v) is 5.52.